The second-order valence-electron chi connectivity index (χ2n) is 8.65. The van der Waals surface area contributed by atoms with Crippen LogP contribution in [-0.2, 0) is 11.2 Å². The minimum absolute atomic E-state index is 0.162. The summed E-state index contributed by atoms with van der Waals surface area (Å²) in [4.78, 5) is 19.4. The fourth-order valence-electron chi connectivity index (χ4n) is 3.82. The van der Waals surface area contributed by atoms with Gasteiger partial charge in [0.1, 0.15) is 5.82 Å². The fourth-order valence-corrected chi connectivity index (χ4v) is 4.54. The van der Waals surface area contributed by atoms with Gasteiger partial charge in [-0.1, -0.05) is 62.9 Å². The van der Waals surface area contributed by atoms with Crippen molar-refractivity contribution in [3.63, 3.8) is 0 Å². The van der Waals surface area contributed by atoms with Gasteiger partial charge in [0, 0.05) is 43.5 Å². The van der Waals surface area contributed by atoms with Gasteiger partial charge >= 0.3 is 0 Å². The molecule has 1 fully saturated rings. The number of aromatic nitrogens is 2. The summed E-state index contributed by atoms with van der Waals surface area (Å²) in [6.07, 6.45) is 7.28. The van der Waals surface area contributed by atoms with Crippen LogP contribution in [-0.4, -0.2) is 34.4 Å². The van der Waals surface area contributed by atoms with Crippen molar-refractivity contribution >= 4 is 22.6 Å². The molecule has 0 radical (unpaired) electrons. The molecule has 0 bridgehead atoms. The normalized spacial score (nSPS) is 14.9. The molecule has 2 aromatic rings. The average molecular weight is 415 g/mol. The number of carbonyl (C=O) groups excluding carboxylic acids is 1. The van der Waals surface area contributed by atoms with E-state index in [0.717, 1.165) is 36.8 Å². The second kappa shape index (κ2) is 10.7. The standard InChI is InChI=1S/C23H34N4OS/c1-17(2)16-27(14-13-22(28)24-20-7-5-4-6-8-20)23-25-21(26-29-23)15-19-11-9-18(3)10-12-19/h9-12,17,20H,4-8,13-16H2,1-3H3,(H,24,28). The lowest BCUT2D eigenvalue weighted by Gasteiger charge is -2.25. The van der Waals surface area contributed by atoms with Crippen molar-refractivity contribution in [3.8, 4) is 0 Å². The van der Waals surface area contributed by atoms with Gasteiger partial charge in [0.15, 0.2) is 0 Å². The molecule has 1 aromatic heterocycles. The Morgan fingerprint density at radius 1 is 1.21 bits per heavy atom. The molecule has 1 aliphatic rings. The number of amides is 1. The van der Waals surface area contributed by atoms with Crippen molar-refractivity contribution in [3.05, 3.63) is 41.2 Å². The summed E-state index contributed by atoms with van der Waals surface area (Å²) in [5.74, 6) is 1.52. The Hall–Kier alpha value is -1.95. The molecule has 158 valence electrons. The van der Waals surface area contributed by atoms with Gasteiger partial charge < -0.3 is 10.2 Å². The number of hydrogen-bond acceptors (Lipinski definition) is 5. The Bertz CT molecular complexity index is 765. The Kier molecular flexibility index (Phi) is 8.04. The monoisotopic (exact) mass is 414 g/mol. The molecule has 1 heterocycles. The number of anilines is 1. The summed E-state index contributed by atoms with van der Waals surface area (Å²) in [6, 6.07) is 8.89. The van der Waals surface area contributed by atoms with E-state index in [1.165, 1.54) is 41.9 Å². The highest BCUT2D eigenvalue weighted by atomic mass is 32.1. The predicted molar refractivity (Wildman–Crippen MR) is 121 cm³/mol. The third-order valence-electron chi connectivity index (χ3n) is 5.38. The van der Waals surface area contributed by atoms with Crippen LogP contribution in [0, 0.1) is 12.8 Å². The summed E-state index contributed by atoms with van der Waals surface area (Å²) in [5, 5.41) is 4.15. The third-order valence-corrected chi connectivity index (χ3v) is 6.19. The van der Waals surface area contributed by atoms with Crippen LogP contribution >= 0.6 is 11.5 Å². The molecule has 0 atom stereocenters. The lowest BCUT2D eigenvalue weighted by atomic mass is 9.95. The van der Waals surface area contributed by atoms with E-state index in [-0.39, 0.29) is 5.91 Å². The zero-order valence-electron chi connectivity index (χ0n) is 18.0. The molecule has 0 spiro atoms. The Morgan fingerprint density at radius 2 is 1.93 bits per heavy atom. The number of rotatable bonds is 9. The Labute approximate surface area is 179 Å². The van der Waals surface area contributed by atoms with Crippen molar-refractivity contribution in [2.24, 2.45) is 5.92 Å². The van der Waals surface area contributed by atoms with Gasteiger partial charge in [-0.2, -0.15) is 4.37 Å². The minimum Gasteiger partial charge on any atom is -0.353 e. The molecule has 0 aliphatic heterocycles. The van der Waals surface area contributed by atoms with Gasteiger partial charge in [0.25, 0.3) is 0 Å². The highest BCUT2D eigenvalue weighted by Crippen LogP contribution is 2.21. The van der Waals surface area contributed by atoms with Crippen LogP contribution in [0.5, 0.6) is 0 Å². The molecule has 0 saturated heterocycles. The molecule has 1 N–H and O–H groups in total. The molecule has 5 nitrogen and oxygen atoms in total. The molecule has 1 aromatic carbocycles. The van der Waals surface area contributed by atoms with E-state index in [1.54, 1.807) is 0 Å². The SMILES string of the molecule is Cc1ccc(Cc2nsc(N(CCC(=O)NC3CCCCC3)CC(C)C)n2)cc1. The summed E-state index contributed by atoms with van der Waals surface area (Å²) in [6.45, 7) is 8.07. The van der Waals surface area contributed by atoms with Crippen molar-refractivity contribution in [2.75, 3.05) is 18.0 Å². The van der Waals surface area contributed by atoms with Gasteiger partial charge in [-0.25, -0.2) is 4.98 Å². The number of aryl methyl sites for hydroxylation is 1. The van der Waals surface area contributed by atoms with Crippen LogP contribution in [0.1, 0.15) is 69.3 Å². The van der Waals surface area contributed by atoms with Crippen molar-refractivity contribution in [1.29, 1.82) is 0 Å². The van der Waals surface area contributed by atoms with Gasteiger partial charge in [0.05, 0.1) is 0 Å². The average Bonchev–Trinajstić information content (AvgIpc) is 3.16. The fraction of sp³-hybridized carbons (Fsp3) is 0.609. The molecule has 1 amide bonds. The first-order valence-corrected chi connectivity index (χ1v) is 11.7. The van der Waals surface area contributed by atoms with Crippen molar-refractivity contribution in [1.82, 2.24) is 14.7 Å². The van der Waals surface area contributed by atoms with E-state index in [0.29, 0.717) is 24.9 Å². The first kappa shape index (κ1) is 21.8. The van der Waals surface area contributed by atoms with E-state index >= 15 is 0 Å². The zero-order valence-corrected chi connectivity index (χ0v) is 18.8. The molecule has 1 saturated carbocycles. The molecular formula is C23H34N4OS. The van der Waals surface area contributed by atoms with Gasteiger partial charge in [-0.05, 0) is 31.2 Å². The maximum absolute atomic E-state index is 12.4. The number of hydrogen-bond donors (Lipinski definition) is 1. The number of nitrogens with one attached hydrogen (secondary N) is 1. The summed E-state index contributed by atoms with van der Waals surface area (Å²) >= 11 is 1.44. The topological polar surface area (TPSA) is 58.1 Å². The van der Waals surface area contributed by atoms with Crippen LogP contribution in [0.15, 0.2) is 24.3 Å². The van der Waals surface area contributed by atoms with Crippen LogP contribution in [0.2, 0.25) is 0 Å². The van der Waals surface area contributed by atoms with E-state index in [9.17, 15) is 4.79 Å². The summed E-state index contributed by atoms with van der Waals surface area (Å²) in [5.41, 5.74) is 2.48. The van der Waals surface area contributed by atoms with Crippen molar-refractivity contribution in [2.45, 2.75) is 71.8 Å². The largest absolute Gasteiger partial charge is 0.353 e. The maximum atomic E-state index is 12.4. The van der Waals surface area contributed by atoms with Gasteiger partial charge in [0.2, 0.25) is 11.0 Å². The van der Waals surface area contributed by atoms with E-state index in [2.05, 4.69) is 59.6 Å². The molecule has 1 aliphatic carbocycles. The number of carbonyl (C=O) groups is 1. The third kappa shape index (κ3) is 7.11. The van der Waals surface area contributed by atoms with E-state index in [1.807, 2.05) is 0 Å². The van der Waals surface area contributed by atoms with E-state index < -0.39 is 0 Å². The number of benzene rings is 1. The zero-order chi connectivity index (χ0) is 20.6. The minimum atomic E-state index is 0.162. The Morgan fingerprint density at radius 3 is 2.62 bits per heavy atom. The maximum Gasteiger partial charge on any atom is 0.221 e. The quantitative estimate of drug-likeness (QED) is 0.644. The van der Waals surface area contributed by atoms with E-state index in [4.69, 9.17) is 4.98 Å². The highest BCUT2D eigenvalue weighted by Gasteiger charge is 2.18. The number of nitrogens with zero attached hydrogens (tertiary/aromatic N) is 3. The van der Waals surface area contributed by atoms with Crippen LogP contribution in [0.25, 0.3) is 0 Å². The smallest absolute Gasteiger partial charge is 0.221 e. The molecule has 0 unspecified atom stereocenters. The highest BCUT2D eigenvalue weighted by molar-refractivity contribution is 7.09. The molecular weight excluding hydrogens is 380 g/mol. The first-order valence-electron chi connectivity index (χ1n) is 10.9. The second-order valence-corrected chi connectivity index (χ2v) is 9.38. The van der Waals surface area contributed by atoms with Crippen LogP contribution in [0.4, 0.5) is 5.13 Å². The summed E-state index contributed by atoms with van der Waals surface area (Å²) in [7, 11) is 0. The first-order chi connectivity index (χ1) is 14.0. The van der Waals surface area contributed by atoms with Gasteiger partial charge in [-0.3, -0.25) is 4.79 Å². The lowest BCUT2D eigenvalue weighted by Crippen LogP contribution is -2.38. The molecule has 6 heteroatoms. The summed E-state index contributed by atoms with van der Waals surface area (Å²) < 4.78 is 4.57. The lowest BCUT2D eigenvalue weighted by molar-refractivity contribution is -0.121. The Balaban J connectivity index is 1.57. The van der Waals surface area contributed by atoms with Gasteiger partial charge in [-0.15, -0.1) is 0 Å². The molecule has 29 heavy (non-hydrogen) atoms. The van der Waals surface area contributed by atoms with Crippen molar-refractivity contribution < 1.29 is 4.79 Å². The van der Waals surface area contributed by atoms with Crippen LogP contribution in [0.3, 0.4) is 0 Å². The predicted octanol–water partition coefficient (Wildman–Crippen LogP) is 4.74. The molecule has 3 rings (SSSR count). The van der Waals surface area contributed by atoms with Crippen LogP contribution < -0.4 is 10.2 Å².